The molecule has 0 bridgehead atoms. The molecule has 2 nitrogen and oxygen atoms in total. The molecule has 0 radical (unpaired) electrons. The van der Waals surface area contributed by atoms with Crippen molar-refractivity contribution in [3.05, 3.63) is 12.3 Å². The van der Waals surface area contributed by atoms with Crippen LogP contribution in [0.5, 0.6) is 0 Å². The molecular weight excluding hydrogens is 78.0 g/mol. The molecule has 2 N–H and O–H groups in total. The van der Waals surface area contributed by atoms with Crippen LogP contribution in [0.4, 0.5) is 0 Å². The molecule has 0 aromatic carbocycles. The summed E-state index contributed by atoms with van der Waals surface area (Å²) < 4.78 is 4.62. The lowest BCUT2D eigenvalue weighted by Crippen LogP contribution is -1.83. The highest BCUT2D eigenvalue weighted by Crippen LogP contribution is 1.64. The highest BCUT2D eigenvalue weighted by atomic mass is 16.5. The van der Waals surface area contributed by atoms with Gasteiger partial charge >= 0.3 is 0 Å². The van der Waals surface area contributed by atoms with Crippen molar-refractivity contribution in [2.45, 2.75) is 0 Å². The lowest BCUT2D eigenvalue weighted by molar-refractivity contribution is 0.233. The molecule has 0 saturated carbocycles. The van der Waals surface area contributed by atoms with Crippen LogP contribution in [0.3, 0.4) is 0 Å². The van der Waals surface area contributed by atoms with Crippen LogP contribution in [0.25, 0.3) is 0 Å². The normalized spacial score (nSPS) is 10.2. The van der Waals surface area contributed by atoms with Crippen LogP contribution in [0.1, 0.15) is 0 Å². The quantitative estimate of drug-likeness (QED) is 0.518. The van der Waals surface area contributed by atoms with Crippen molar-refractivity contribution in [2.75, 3.05) is 13.7 Å². The van der Waals surface area contributed by atoms with Crippen LogP contribution in [0, 0.1) is 0 Å². The van der Waals surface area contributed by atoms with Crippen LogP contribution in [-0.2, 0) is 4.74 Å². The van der Waals surface area contributed by atoms with E-state index >= 15 is 0 Å². The van der Waals surface area contributed by atoms with E-state index in [1.165, 1.54) is 6.20 Å². The average molecular weight is 87.1 g/mol. The Bertz CT molecular complexity index is 42.8. The molecule has 0 aliphatic heterocycles. The second-order valence-corrected chi connectivity index (χ2v) is 0.883. The fraction of sp³-hybridized carbons (Fsp3) is 0.500. The maximum Gasteiger partial charge on any atom is 0.0660 e. The maximum absolute atomic E-state index is 4.95. The molecule has 0 aromatic rings. The van der Waals surface area contributed by atoms with E-state index in [1.54, 1.807) is 13.2 Å². The summed E-state index contributed by atoms with van der Waals surface area (Å²) in [6.07, 6.45) is 3.20. The van der Waals surface area contributed by atoms with Gasteiger partial charge in [-0.1, -0.05) is 0 Å². The van der Waals surface area contributed by atoms with Crippen molar-refractivity contribution in [1.29, 1.82) is 0 Å². The molecule has 0 unspecified atom stereocenters. The van der Waals surface area contributed by atoms with E-state index in [0.29, 0.717) is 6.61 Å². The monoisotopic (exact) mass is 87.1 g/mol. The largest absolute Gasteiger partial charge is 0.405 e. The zero-order valence-electron chi connectivity index (χ0n) is 3.85. The van der Waals surface area contributed by atoms with Crippen molar-refractivity contribution in [3.63, 3.8) is 0 Å². The minimum Gasteiger partial charge on any atom is -0.405 e. The van der Waals surface area contributed by atoms with Gasteiger partial charge in [0.15, 0.2) is 0 Å². The molecule has 0 spiro atoms. The zero-order valence-corrected chi connectivity index (χ0v) is 3.85. The lowest BCUT2D eigenvalue weighted by atomic mass is 10.7. The van der Waals surface area contributed by atoms with Crippen LogP contribution >= 0.6 is 0 Å². The van der Waals surface area contributed by atoms with E-state index in [4.69, 9.17) is 5.73 Å². The number of hydrogen-bond acceptors (Lipinski definition) is 2. The molecule has 2 heteroatoms. The fourth-order valence-electron chi connectivity index (χ4n) is 0.152. The molecule has 36 valence electrons. The van der Waals surface area contributed by atoms with E-state index in [1.807, 2.05) is 0 Å². The summed E-state index contributed by atoms with van der Waals surface area (Å²) in [7, 11) is 1.62. The van der Waals surface area contributed by atoms with Gasteiger partial charge in [-0.2, -0.15) is 0 Å². The molecule has 0 heterocycles. The second-order valence-electron chi connectivity index (χ2n) is 0.883. The van der Waals surface area contributed by atoms with Crippen molar-refractivity contribution in [3.8, 4) is 0 Å². The van der Waals surface area contributed by atoms with E-state index < -0.39 is 0 Å². The summed E-state index contributed by atoms with van der Waals surface area (Å²) in [4.78, 5) is 0. The number of hydrogen-bond donors (Lipinski definition) is 1. The summed E-state index contributed by atoms with van der Waals surface area (Å²) >= 11 is 0. The van der Waals surface area contributed by atoms with Gasteiger partial charge in [0.25, 0.3) is 0 Å². The van der Waals surface area contributed by atoms with Crippen molar-refractivity contribution >= 4 is 0 Å². The van der Waals surface area contributed by atoms with Crippen molar-refractivity contribution in [2.24, 2.45) is 5.73 Å². The molecule has 0 aliphatic rings. The van der Waals surface area contributed by atoms with Crippen LogP contribution in [0.15, 0.2) is 12.3 Å². The van der Waals surface area contributed by atoms with Gasteiger partial charge in [0.05, 0.1) is 6.61 Å². The number of nitrogens with two attached hydrogens (primary N) is 1. The van der Waals surface area contributed by atoms with Crippen LogP contribution in [0.2, 0.25) is 0 Å². The highest BCUT2D eigenvalue weighted by Gasteiger charge is 1.62. The molecule has 0 amide bonds. The highest BCUT2D eigenvalue weighted by molar-refractivity contribution is 4.73. The summed E-state index contributed by atoms with van der Waals surface area (Å²) in [6, 6.07) is 0. The van der Waals surface area contributed by atoms with Crippen LogP contribution < -0.4 is 5.73 Å². The van der Waals surface area contributed by atoms with E-state index in [0.717, 1.165) is 0 Å². The zero-order chi connectivity index (χ0) is 4.83. The van der Waals surface area contributed by atoms with Gasteiger partial charge < -0.3 is 10.5 Å². The molecule has 0 rings (SSSR count). The summed E-state index contributed by atoms with van der Waals surface area (Å²) in [5, 5.41) is 0. The molecular formula is C4H9NO. The summed E-state index contributed by atoms with van der Waals surface area (Å²) in [6.45, 7) is 0.608. The minimum atomic E-state index is 0.608. The van der Waals surface area contributed by atoms with Crippen molar-refractivity contribution in [1.82, 2.24) is 0 Å². The first-order valence-corrected chi connectivity index (χ1v) is 1.77. The van der Waals surface area contributed by atoms with Gasteiger partial charge in [-0.25, -0.2) is 0 Å². The van der Waals surface area contributed by atoms with Gasteiger partial charge in [-0.05, 0) is 12.3 Å². The smallest absolute Gasteiger partial charge is 0.0660 e. The Labute approximate surface area is 37.6 Å². The average Bonchev–Trinajstić information content (AvgIpc) is 1.61. The third-order valence-corrected chi connectivity index (χ3v) is 0.399. The number of ether oxygens (including phenoxy) is 1. The topological polar surface area (TPSA) is 35.2 Å². The van der Waals surface area contributed by atoms with Crippen molar-refractivity contribution < 1.29 is 4.74 Å². The molecule has 0 fully saturated rings. The van der Waals surface area contributed by atoms with E-state index in [2.05, 4.69) is 4.74 Å². The minimum absolute atomic E-state index is 0.608. The van der Waals surface area contributed by atoms with Gasteiger partial charge in [-0.15, -0.1) is 0 Å². The fourth-order valence-corrected chi connectivity index (χ4v) is 0.152. The predicted molar refractivity (Wildman–Crippen MR) is 25.2 cm³/mol. The number of methoxy groups -OCH3 is 1. The van der Waals surface area contributed by atoms with Gasteiger partial charge in [0, 0.05) is 7.11 Å². The first-order valence-electron chi connectivity index (χ1n) is 1.77. The second kappa shape index (κ2) is 4.50. The first kappa shape index (κ1) is 5.50. The summed E-state index contributed by atoms with van der Waals surface area (Å²) in [5.41, 5.74) is 4.95. The SMILES string of the molecule is COCC=CN. The van der Waals surface area contributed by atoms with Gasteiger partial charge in [0.1, 0.15) is 0 Å². The molecule has 0 saturated heterocycles. The Hall–Kier alpha value is -0.500. The molecule has 0 aromatic heterocycles. The van der Waals surface area contributed by atoms with Crippen LogP contribution in [-0.4, -0.2) is 13.7 Å². The molecule has 0 atom stereocenters. The van der Waals surface area contributed by atoms with Gasteiger partial charge in [-0.3, -0.25) is 0 Å². The van der Waals surface area contributed by atoms with E-state index in [-0.39, 0.29) is 0 Å². The molecule has 0 aliphatic carbocycles. The Morgan fingerprint density at radius 1 is 1.83 bits per heavy atom. The Balaban J connectivity index is 2.66. The third-order valence-electron chi connectivity index (χ3n) is 0.399. The predicted octanol–water partition coefficient (Wildman–Crippen LogP) is 0.105. The standard InChI is InChI=1S/C4H9NO/c1-6-4-2-3-5/h2-3H,4-5H2,1H3. The third kappa shape index (κ3) is 3.50. The molecule has 6 heavy (non-hydrogen) atoms. The van der Waals surface area contributed by atoms with Gasteiger partial charge in [0.2, 0.25) is 0 Å². The summed E-state index contributed by atoms with van der Waals surface area (Å²) in [5.74, 6) is 0. The maximum atomic E-state index is 4.95. The lowest BCUT2D eigenvalue weighted by Gasteiger charge is -1.81. The Morgan fingerprint density at radius 3 is 2.67 bits per heavy atom. The Morgan fingerprint density at radius 2 is 2.50 bits per heavy atom. The Kier molecular flexibility index (Phi) is 4.12. The first-order chi connectivity index (χ1) is 2.91. The van der Waals surface area contributed by atoms with E-state index in [9.17, 15) is 0 Å². The number of rotatable bonds is 2.